The third kappa shape index (κ3) is 2.16. The van der Waals surface area contributed by atoms with Gasteiger partial charge < -0.3 is 10.3 Å². The average Bonchev–Trinajstić information content (AvgIpc) is 2.91. The number of nitrogens with one attached hydrogen (secondary N) is 2. The molecule has 0 aliphatic heterocycles. The van der Waals surface area contributed by atoms with Crippen molar-refractivity contribution >= 4 is 22.5 Å². The van der Waals surface area contributed by atoms with Crippen LogP contribution in [0.1, 0.15) is 15.9 Å². The van der Waals surface area contributed by atoms with Gasteiger partial charge in [-0.15, -0.1) is 0 Å². The van der Waals surface area contributed by atoms with Crippen molar-refractivity contribution in [3.8, 4) is 0 Å². The summed E-state index contributed by atoms with van der Waals surface area (Å²) in [5, 5.41) is 3.44. The maximum Gasteiger partial charge on any atom is 0.256 e. The first-order valence-corrected chi connectivity index (χ1v) is 6.29. The van der Waals surface area contributed by atoms with Gasteiger partial charge in [0.25, 0.3) is 5.91 Å². The molecule has 1 aromatic heterocycles. The number of fused-ring (bicyclic) bond motifs is 1. The molecule has 0 saturated heterocycles. The first kappa shape index (κ1) is 12.4. The van der Waals surface area contributed by atoms with Gasteiger partial charge >= 0.3 is 0 Å². The Morgan fingerprint density at radius 1 is 1.20 bits per heavy atom. The Kier molecular flexibility index (Phi) is 2.99. The number of aromatic amines is 1. The number of H-pyrrole nitrogens is 1. The number of carbonyl (C=O) groups excluding carboxylic acids is 1. The summed E-state index contributed by atoms with van der Waals surface area (Å²) in [6.07, 6.45) is 1.77. The third-order valence-corrected chi connectivity index (χ3v) is 3.21. The predicted octanol–water partition coefficient (Wildman–Crippen LogP) is 3.87. The first-order valence-electron chi connectivity index (χ1n) is 6.29. The van der Waals surface area contributed by atoms with E-state index in [0.717, 1.165) is 16.5 Å². The highest BCUT2D eigenvalue weighted by molar-refractivity contribution is 6.12. The Hall–Kier alpha value is -2.62. The van der Waals surface area contributed by atoms with Gasteiger partial charge in [0.2, 0.25) is 0 Å². The van der Waals surface area contributed by atoms with Gasteiger partial charge in [-0.25, -0.2) is 4.39 Å². The molecule has 0 aliphatic rings. The number of benzene rings is 2. The Bertz CT molecular complexity index is 792. The van der Waals surface area contributed by atoms with E-state index in [2.05, 4.69) is 10.3 Å². The molecule has 100 valence electrons. The second-order valence-corrected chi connectivity index (χ2v) is 4.68. The average molecular weight is 268 g/mol. The molecule has 3 rings (SSSR count). The summed E-state index contributed by atoms with van der Waals surface area (Å²) in [5.74, 6) is -0.759. The summed E-state index contributed by atoms with van der Waals surface area (Å²) >= 11 is 0. The van der Waals surface area contributed by atoms with E-state index in [9.17, 15) is 9.18 Å². The molecule has 0 aliphatic carbocycles. The van der Waals surface area contributed by atoms with Gasteiger partial charge in [0.15, 0.2) is 0 Å². The van der Waals surface area contributed by atoms with Crippen LogP contribution < -0.4 is 5.32 Å². The van der Waals surface area contributed by atoms with E-state index < -0.39 is 5.82 Å². The van der Waals surface area contributed by atoms with Crippen LogP contribution in [0.25, 0.3) is 10.9 Å². The lowest BCUT2D eigenvalue weighted by Gasteiger charge is -2.08. The zero-order valence-electron chi connectivity index (χ0n) is 10.9. The molecule has 2 aromatic carbocycles. The highest BCUT2D eigenvalue weighted by Crippen LogP contribution is 2.21. The van der Waals surface area contributed by atoms with Crippen molar-refractivity contribution in [2.75, 3.05) is 5.32 Å². The molecular weight excluding hydrogens is 255 g/mol. The van der Waals surface area contributed by atoms with E-state index in [1.165, 1.54) is 6.07 Å². The van der Waals surface area contributed by atoms with Crippen LogP contribution in [0.4, 0.5) is 10.1 Å². The molecule has 0 fully saturated rings. The maximum absolute atomic E-state index is 13.7. The lowest BCUT2D eigenvalue weighted by Crippen LogP contribution is -2.13. The van der Waals surface area contributed by atoms with Crippen molar-refractivity contribution in [3.63, 3.8) is 0 Å². The van der Waals surface area contributed by atoms with Crippen LogP contribution >= 0.6 is 0 Å². The van der Waals surface area contributed by atoms with E-state index in [1.807, 2.05) is 19.1 Å². The number of aromatic nitrogens is 1. The molecule has 0 radical (unpaired) electrons. The van der Waals surface area contributed by atoms with Gasteiger partial charge in [-0.2, -0.15) is 0 Å². The minimum atomic E-state index is -0.440. The van der Waals surface area contributed by atoms with E-state index in [4.69, 9.17) is 0 Å². The summed E-state index contributed by atoms with van der Waals surface area (Å²) in [4.78, 5) is 15.3. The third-order valence-electron chi connectivity index (χ3n) is 3.21. The summed E-state index contributed by atoms with van der Waals surface area (Å²) < 4.78 is 13.7. The molecule has 4 heteroatoms. The number of carbonyl (C=O) groups is 1. The number of amides is 1. The first-order chi connectivity index (χ1) is 9.65. The van der Waals surface area contributed by atoms with Crippen molar-refractivity contribution in [2.45, 2.75) is 6.92 Å². The summed E-state index contributed by atoms with van der Waals surface area (Å²) in [7, 11) is 0. The molecule has 0 spiro atoms. The molecule has 1 amide bonds. The Labute approximate surface area is 115 Å². The predicted molar refractivity (Wildman–Crippen MR) is 77.4 cm³/mol. The van der Waals surface area contributed by atoms with Crippen LogP contribution in [-0.2, 0) is 0 Å². The van der Waals surface area contributed by atoms with E-state index in [0.29, 0.717) is 5.56 Å². The second kappa shape index (κ2) is 4.81. The highest BCUT2D eigenvalue weighted by atomic mass is 19.1. The molecule has 2 N–H and O–H groups in total. The number of hydrogen-bond acceptors (Lipinski definition) is 1. The van der Waals surface area contributed by atoms with Gasteiger partial charge in [0, 0.05) is 22.7 Å². The van der Waals surface area contributed by atoms with E-state index in [-0.39, 0.29) is 11.6 Å². The van der Waals surface area contributed by atoms with E-state index >= 15 is 0 Å². The Balaban J connectivity index is 1.97. The van der Waals surface area contributed by atoms with Crippen LogP contribution in [-0.4, -0.2) is 10.9 Å². The molecule has 0 bridgehead atoms. The molecular formula is C16H13FN2O. The molecule has 0 saturated carbocycles. The molecule has 0 atom stereocenters. The minimum absolute atomic E-state index is 0.197. The van der Waals surface area contributed by atoms with Gasteiger partial charge in [0.05, 0.1) is 5.69 Å². The number of anilines is 1. The number of hydrogen-bond donors (Lipinski definition) is 2. The molecule has 0 unspecified atom stereocenters. The standard InChI is InChI=1S/C16H13FN2O/c1-10-5-6-13(17)15(9-10)19-16(20)12-3-2-4-14-11(12)7-8-18-14/h2-9,18H,1H3,(H,19,20). The van der Waals surface area contributed by atoms with Crippen molar-refractivity contribution < 1.29 is 9.18 Å². The van der Waals surface area contributed by atoms with Crippen molar-refractivity contribution in [1.29, 1.82) is 0 Å². The molecule has 3 aromatic rings. The second-order valence-electron chi connectivity index (χ2n) is 4.68. The van der Waals surface area contributed by atoms with Crippen molar-refractivity contribution in [2.24, 2.45) is 0 Å². The Morgan fingerprint density at radius 2 is 2.05 bits per heavy atom. The van der Waals surface area contributed by atoms with E-state index in [1.54, 1.807) is 30.5 Å². The smallest absolute Gasteiger partial charge is 0.256 e. The van der Waals surface area contributed by atoms with Crippen LogP contribution in [0.2, 0.25) is 0 Å². The molecule has 20 heavy (non-hydrogen) atoms. The minimum Gasteiger partial charge on any atom is -0.361 e. The number of rotatable bonds is 2. The fourth-order valence-corrected chi connectivity index (χ4v) is 2.21. The lowest BCUT2D eigenvalue weighted by atomic mass is 10.1. The SMILES string of the molecule is Cc1ccc(F)c(NC(=O)c2cccc3[nH]ccc23)c1. The summed E-state index contributed by atoms with van der Waals surface area (Å²) in [6.45, 7) is 1.85. The lowest BCUT2D eigenvalue weighted by molar-refractivity contribution is 0.102. The summed E-state index contributed by atoms with van der Waals surface area (Å²) in [5.41, 5.74) is 2.48. The van der Waals surface area contributed by atoms with Gasteiger partial charge in [-0.05, 0) is 42.8 Å². The fourth-order valence-electron chi connectivity index (χ4n) is 2.21. The topological polar surface area (TPSA) is 44.9 Å². The van der Waals surface area contributed by atoms with Crippen LogP contribution in [0, 0.1) is 12.7 Å². The number of halogens is 1. The van der Waals surface area contributed by atoms with Crippen LogP contribution in [0.15, 0.2) is 48.7 Å². The largest absolute Gasteiger partial charge is 0.361 e. The fraction of sp³-hybridized carbons (Fsp3) is 0.0625. The zero-order valence-corrected chi connectivity index (χ0v) is 10.9. The molecule has 1 heterocycles. The monoisotopic (exact) mass is 268 g/mol. The van der Waals surface area contributed by atoms with Crippen LogP contribution in [0.5, 0.6) is 0 Å². The van der Waals surface area contributed by atoms with Gasteiger partial charge in [0.1, 0.15) is 5.82 Å². The highest BCUT2D eigenvalue weighted by Gasteiger charge is 2.12. The van der Waals surface area contributed by atoms with Crippen molar-refractivity contribution in [1.82, 2.24) is 4.98 Å². The molecule has 3 nitrogen and oxygen atoms in total. The van der Waals surface area contributed by atoms with Gasteiger partial charge in [-0.1, -0.05) is 12.1 Å². The normalized spacial score (nSPS) is 10.7. The van der Waals surface area contributed by atoms with Gasteiger partial charge in [-0.3, -0.25) is 4.79 Å². The van der Waals surface area contributed by atoms with Crippen molar-refractivity contribution in [3.05, 3.63) is 65.6 Å². The number of aryl methyl sites for hydroxylation is 1. The summed E-state index contributed by atoms with van der Waals surface area (Å²) in [6, 6.07) is 11.9. The van der Waals surface area contributed by atoms with Crippen LogP contribution in [0.3, 0.4) is 0 Å². The zero-order chi connectivity index (χ0) is 14.1. The Morgan fingerprint density at radius 3 is 2.90 bits per heavy atom. The quantitative estimate of drug-likeness (QED) is 0.728. The maximum atomic E-state index is 13.7.